The standard InChI is InChI=1S/C14H21FN2O/c1-8-9(2)18-10(3)13(8)14(17-16)11-6-4-5-7-12(11)15/h4-10,13-14,17H,16H2,1-3H3. The highest BCUT2D eigenvalue weighted by Crippen LogP contribution is 2.40. The third-order valence-corrected chi connectivity index (χ3v) is 4.12. The van der Waals surface area contributed by atoms with Gasteiger partial charge in [-0.1, -0.05) is 25.1 Å². The highest BCUT2D eigenvalue weighted by molar-refractivity contribution is 5.22. The Hall–Kier alpha value is -0.970. The lowest BCUT2D eigenvalue weighted by molar-refractivity contribution is 0.0473. The van der Waals surface area contributed by atoms with Crippen LogP contribution in [0, 0.1) is 17.7 Å². The lowest BCUT2D eigenvalue weighted by atomic mass is 9.80. The van der Waals surface area contributed by atoms with Crippen LogP contribution in [0.2, 0.25) is 0 Å². The fourth-order valence-electron chi connectivity index (χ4n) is 3.00. The van der Waals surface area contributed by atoms with Crippen LogP contribution in [0.3, 0.4) is 0 Å². The van der Waals surface area contributed by atoms with Crippen LogP contribution in [-0.4, -0.2) is 12.2 Å². The van der Waals surface area contributed by atoms with Crippen molar-refractivity contribution >= 4 is 0 Å². The summed E-state index contributed by atoms with van der Waals surface area (Å²) in [6.45, 7) is 6.20. The Balaban J connectivity index is 2.32. The highest BCUT2D eigenvalue weighted by atomic mass is 19.1. The molecule has 0 saturated carbocycles. The molecule has 3 nitrogen and oxygen atoms in total. The van der Waals surface area contributed by atoms with Crippen LogP contribution in [0.4, 0.5) is 4.39 Å². The van der Waals surface area contributed by atoms with E-state index in [0.29, 0.717) is 11.5 Å². The molecule has 0 radical (unpaired) electrons. The number of ether oxygens (including phenoxy) is 1. The van der Waals surface area contributed by atoms with Crippen LogP contribution in [0.15, 0.2) is 24.3 Å². The van der Waals surface area contributed by atoms with Crippen LogP contribution in [0.25, 0.3) is 0 Å². The Morgan fingerprint density at radius 2 is 1.89 bits per heavy atom. The molecule has 100 valence electrons. The molecule has 0 amide bonds. The van der Waals surface area contributed by atoms with Crippen molar-refractivity contribution in [3.8, 4) is 0 Å². The van der Waals surface area contributed by atoms with Crippen molar-refractivity contribution < 1.29 is 9.13 Å². The molecule has 1 fully saturated rings. The van der Waals surface area contributed by atoms with Crippen molar-refractivity contribution in [3.63, 3.8) is 0 Å². The maximum Gasteiger partial charge on any atom is 0.128 e. The average molecular weight is 252 g/mol. The number of hydrogen-bond acceptors (Lipinski definition) is 3. The lowest BCUT2D eigenvalue weighted by Crippen LogP contribution is -2.39. The van der Waals surface area contributed by atoms with E-state index in [-0.39, 0.29) is 30.0 Å². The molecule has 18 heavy (non-hydrogen) atoms. The van der Waals surface area contributed by atoms with Crippen LogP contribution in [0.1, 0.15) is 32.4 Å². The minimum absolute atomic E-state index is 0.0654. The van der Waals surface area contributed by atoms with E-state index in [1.807, 2.05) is 13.0 Å². The van der Waals surface area contributed by atoms with Gasteiger partial charge >= 0.3 is 0 Å². The van der Waals surface area contributed by atoms with E-state index in [0.717, 1.165) is 0 Å². The number of hydrazine groups is 1. The monoisotopic (exact) mass is 252 g/mol. The molecule has 0 bridgehead atoms. The second kappa shape index (κ2) is 5.34. The summed E-state index contributed by atoms with van der Waals surface area (Å²) in [5, 5.41) is 0. The summed E-state index contributed by atoms with van der Waals surface area (Å²) in [4.78, 5) is 0. The number of nitrogens with one attached hydrogen (secondary N) is 1. The Kier molecular flexibility index (Phi) is 4.00. The van der Waals surface area contributed by atoms with E-state index in [4.69, 9.17) is 10.6 Å². The molecule has 5 atom stereocenters. The van der Waals surface area contributed by atoms with Gasteiger partial charge in [0.1, 0.15) is 5.82 Å². The quantitative estimate of drug-likeness (QED) is 0.641. The largest absolute Gasteiger partial charge is 0.375 e. The first-order valence-corrected chi connectivity index (χ1v) is 6.42. The summed E-state index contributed by atoms with van der Waals surface area (Å²) >= 11 is 0. The van der Waals surface area contributed by atoms with Gasteiger partial charge in [0.2, 0.25) is 0 Å². The third kappa shape index (κ3) is 2.28. The van der Waals surface area contributed by atoms with Crippen molar-refractivity contribution in [3.05, 3.63) is 35.6 Å². The van der Waals surface area contributed by atoms with Crippen molar-refractivity contribution in [2.45, 2.75) is 39.0 Å². The second-order valence-corrected chi connectivity index (χ2v) is 5.15. The van der Waals surface area contributed by atoms with E-state index in [2.05, 4.69) is 19.3 Å². The first-order valence-electron chi connectivity index (χ1n) is 6.42. The molecule has 5 unspecified atom stereocenters. The van der Waals surface area contributed by atoms with Gasteiger partial charge in [-0.25, -0.2) is 4.39 Å². The maximum atomic E-state index is 13.9. The molecule has 1 heterocycles. The van der Waals surface area contributed by atoms with Gasteiger partial charge in [-0.2, -0.15) is 0 Å². The SMILES string of the molecule is CC1OC(C)C(C(NN)c2ccccc2F)C1C. The summed E-state index contributed by atoms with van der Waals surface area (Å²) in [5.74, 6) is 5.93. The summed E-state index contributed by atoms with van der Waals surface area (Å²) in [6.07, 6.45) is 0.239. The Bertz CT molecular complexity index is 413. The predicted molar refractivity (Wildman–Crippen MR) is 69.1 cm³/mol. The van der Waals surface area contributed by atoms with E-state index in [1.54, 1.807) is 12.1 Å². The molecule has 1 aromatic rings. The van der Waals surface area contributed by atoms with Crippen molar-refractivity contribution in [2.24, 2.45) is 17.7 Å². The Labute approximate surface area is 107 Å². The van der Waals surface area contributed by atoms with Crippen LogP contribution in [-0.2, 0) is 4.74 Å². The molecule has 0 aliphatic carbocycles. The predicted octanol–water partition coefficient (Wildman–Crippen LogP) is 2.39. The summed E-state index contributed by atoms with van der Waals surface area (Å²) in [7, 11) is 0. The number of nitrogens with two attached hydrogens (primary N) is 1. The van der Waals surface area contributed by atoms with E-state index in [1.165, 1.54) is 6.07 Å². The molecule has 1 aliphatic rings. The fraction of sp³-hybridized carbons (Fsp3) is 0.571. The first kappa shape index (κ1) is 13.5. The van der Waals surface area contributed by atoms with Crippen LogP contribution < -0.4 is 11.3 Å². The topological polar surface area (TPSA) is 47.3 Å². The zero-order chi connectivity index (χ0) is 13.3. The van der Waals surface area contributed by atoms with Crippen molar-refractivity contribution in [1.29, 1.82) is 0 Å². The zero-order valence-corrected chi connectivity index (χ0v) is 11.1. The van der Waals surface area contributed by atoms with Gasteiger partial charge in [-0.15, -0.1) is 0 Å². The second-order valence-electron chi connectivity index (χ2n) is 5.15. The molecule has 3 N–H and O–H groups in total. The molecule has 1 aromatic carbocycles. The Morgan fingerprint density at radius 3 is 2.39 bits per heavy atom. The summed E-state index contributed by atoms with van der Waals surface area (Å²) < 4.78 is 19.7. The van der Waals surface area contributed by atoms with Gasteiger partial charge in [-0.3, -0.25) is 11.3 Å². The molecule has 4 heteroatoms. The van der Waals surface area contributed by atoms with Gasteiger partial charge in [0.05, 0.1) is 18.2 Å². The molecule has 1 saturated heterocycles. The summed E-state index contributed by atoms with van der Waals surface area (Å²) in [6, 6.07) is 6.54. The van der Waals surface area contributed by atoms with Gasteiger partial charge < -0.3 is 4.74 Å². The lowest BCUT2D eigenvalue weighted by Gasteiger charge is -2.29. The molecule has 2 rings (SSSR count). The minimum Gasteiger partial charge on any atom is -0.375 e. The first-order chi connectivity index (χ1) is 8.56. The Morgan fingerprint density at radius 1 is 1.22 bits per heavy atom. The van der Waals surface area contributed by atoms with Gasteiger partial charge in [0, 0.05) is 11.5 Å². The fourth-order valence-corrected chi connectivity index (χ4v) is 3.00. The zero-order valence-electron chi connectivity index (χ0n) is 11.1. The number of rotatable bonds is 3. The molecular weight excluding hydrogens is 231 g/mol. The third-order valence-electron chi connectivity index (χ3n) is 4.12. The van der Waals surface area contributed by atoms with E-state index >= 15 is 0 Å². The highest BCUT2D eigenvalue weighted by Gasteiger charge is 2.42. The van der Waals surface area contributed by atoms with Crippen LogP contribution in [0.5, 0.6) is 0 Å². The molecular formula is C14H21FN2O. The number of halogens is 1. The van der Waals surface area contributed by atoms with Crippen molar-refractivity contribution in [1.82, 2.24) is 5.43 Å². The molecule has 0 aromatic heterocycles. The molecule has 0 spiro atoms. The van der Waals surface area contributed by atoms with Crippen molar-refractivity contribution in [2.75, 3.05) is 0 Å². The van der Waals surface area contributed by atoms with Gasteiger partial charge in [0.25, 0.3) is 0 Å². The molecule has 1 aliphatic heterocycles. The average Bonchev–Trinajstić information content (AvgIpc) is 2.59. The smallest absolute Gasteiger partial charge is 0.128 e. The minimum atomic E-state index is -0.223. The maximum absolute atomic E-state index is 13.9. The normalized spacial score (nSPS) is 33.6. The van der Waals surface area contributed by atoms with Crippen LogP contribution >= 0.6 is 0 Å². The number of hydrogen-bond donors (Lipinski definition) is 2. The number of benzene rings is 1. The van der Waals surface area contributed by atoms with E-state index < -0.39 is 0 Å². The summed E-state index contributed by atoms with van der Waals surface area (Å²) in [5.41, 5.74) is 3.37. The van der Waals surface area contributed by atoms with Gasteiger partial charge in [-0.05, 0) is 25.8 Å². The van der Waals surface area contributed by atoms with Gasteiger partial charge in [0.15, 0.2) is 0 Å². The van der Waals surface area contributed by atoms with E-state index in [9.17, 15) is 4.39 Å².